The average Bonchev–Trinajstić information content (AvgIpc) is 2.33. The Hall–Kier alpha value is -1.78. The molecule has 3 N–H and O–H groups in total. The largest absolute Gasteiger partial charge is 0.399 e. The zero-order valence-corrected chi connectivity index (χ0v) is 11.1. The van der Waals surface area contributed by atoms with Gasteiger partial charge in [-0.3, -0.25) is 4.79 Å². The molecular formula is C13H9Cl2FN2O. The molecule has 0 unspecified atom stereocenters. The molecule has 0 spiro atoms. The highest BCUT2D eigenvalue weighted by atomic mass is 35.5. The summed E-state index contributed by atoms with van der Waals surface area (Å²) in [7, 11) is 0. The second-order valence-electron chi connectivity index (χ2n) is 3.82. The Bertz CT molecular complexity index is 623. The van der Waals surface area contributed by atoms with Gasteiger partial charge in [-0.15, -0.1) is 0 Å². The van der Waals surface area contributed by atoms with Gasteiger partial charge in [0.1, 0.15) is 5.82 Å². The first-order valence-corrected chi connectivity index (χ1v) is 6.04. The van der Waals surface area contributed by atoms with E-state index in [1.54, 1.807) is 18.2 Å². The van der Waals surface area contributed by atoms with Crippen molar-refractivity contribution in [1.29, 1.82) is 0 Å². The van der Waals surface area contributed by atoms with E-state index in [0.717, 1.165) is 12.1 Å². The van der Waals surface area contributed by atoms with Crippen LogP contribution in [0, 0.1) is 5.82 Å². The average molecular weight is 299 g/mol. The van der Waals surface area contributed by atoms with Gasteiger partial charge in [-0.1, -0.05) is 29.3 Å². The minimum absolute atomic E-state index is 0.0299. The first kappa shape index (κ1) is 13.6. The van der Waals surface area contributed by atoms with Gasteiger partial charge in [-0.05, 0) is 30.3 Å². The molecule has 2 aromatic rings. The van der Waals surface area contributed by atoms with Gasteiger partial charge in [0.05, 0.1) is 15.7 Å². The van der Waals surface area contributed by atoms with Gasteiger partial charge in [0.2, 0.25) is 0 Å². The van der Waals surface area contributed by atoms with E-state index in [4.69, 9.17) is 28.9 Å². The maximum atomic E-state index is 13.0. The Morgan fingerprint density at radius 2 is 1.79 bits per heavy atom. The summed E-state index contributed by atoms with van der Waals surface area (Å²) in [6.07, 6.45) is 0. The highest BCUT2D eigenvalue weighted by Crippen LogP contribution is 2.31. The quantitative estimate of drug-likeness (QED) is 0.824. The van der Waals surface area contributed by atoms with E-state index in [1.165, 1.54) is 6.07 Å². The SMILES string of the molecule is Nc1cccc(C(=O)Nc2c(Cl)cc(F)cc2Cl)c1. The minimum atomic E-state index is -0.572. The van der Waals surface area contributed by atoms with E-state index in [1.807, 2.05) is 0 Å². The van der Waals surface area contributed by atoms with Crippen molar-refractivity contribution in [2.45, 2.75) is 0 Å². The molecule has 0 atom stereocenters. The molecule has 3 nitrogen and oxygen atoms in total. The molecule has 0 bridgehead atoms. The van der Waals surface area contributed by atoms with Crippen molar-refractivity contribution >= 4 is 40.5 Å². The Morgan fingerprint density at radius 1 is 1.16 bits per heavy atom. The maximum absolute atomic E-state index is 13.0. The molecule has 0 fully saturated rings. The number of anilines is 2. The van der Waals surface area contributed by atoms with Gasteiger partial charge < -0.3 is 11.1 Å². The van der Waals surface area contributed by atoms with Crippen molar-refractivity contribution in [1.82, 2.24) is 0 Å². The van der Waals surface area contributed by atoms with E-state index in [9.17, 15) is 9.18 Å². The van der Waals surface area contributed by atoms with E-state index >= 15 is 0 Å². The number of amides is 1. The third kappa shape index (κ3) is 3.16. The number of nitrogen functional groups attached to an aromatic ring is 1. The normalized spacial score (nSPS) is 10.3. The number of rotatable bonds is 2. The molecule has 6 heteroatoms. The van der Waals surface area contributed by atoms with Crippen LogP contribution in [0.3, 0.4) is 0 Å². The standard InChI is InChI=1S/C13H9Cl2FN2O/c14-10-5-8(16)6-11(15)12(10)18-13(19)7-2-1-3-9(17)4-7/h1-6H,17H2,(H,18,19). The van der Waals surface area contributed by atoms with Crippen LogP contribution in [-0.2, 0) is 0 Å². The molecule has 0 radical (unpaired) electrons. The third-order valence-corrected chi connectivity index (χ3v) is 2.99. The summed E-state index contributed by atoms with van der Waals surface area (Å²) in [4.78, 5) is 12.0. The molecule has 19 heavy (non-hydrogen) atoms. The zero-order valence-electron chi connectivity index (χ0n) is 9.58. The fourth-order valence-corrected chi connectivity index (χ4v) is 2.08. The number of nitrogens with one attached hydrogen (secondary N) is 1. The first-order chi connectivity index (χ1) is 8.97. The molecule has 0 aromatic heterocycles. The Labute approximate surface area is 119 Å². The lowest BCUT2D eigenvalue weighted by atomic mass is 10.2. The van der Waals surface area contributed by atoms with Crippen LogP contribution in [0.15, 0.2) is 36.4 Å². The van der Waals surface area contributed by atoms with Crippen molar-refractivity contribution in [3.05, 3.63) is 57.8 Å². The maximum Gasteiger partial charge on any atom is 0.255 e. The topological polar surface area (TPSA) is 55.1 Å². The van der Waals surface area contributed by atoms with Crippen LogP contribution in [0.2, 0.25) is 10.0 Å². The monoisotopic (exact) mass is 298 g/mol. The van der Waals surface area contributed by atoms with Gasteiger partial charge in [-0.25, -0.2) is 4.39 Å². The van der Waals surface area contributed by atoms with Gasteiger partial charge in [0, 0.05) is 11.3 Å². The van der Waals surface area contributed by atoms with Crippen LogP contribution in [0.25, 0.3) is 0 Å². The third-order valence-electron chi connectivity index (χ3n) is 2.39. The number of nitrogens with two attached hydrogens (primary N) is 1. The molecule has 2 aromatic carbocycles. The second kappa shape index (κ2) is 5.47. The van der Waals surface area contributed by atoms with Crippen molar-refractivity contribution in [3.8, 4) is 0 Å². The highest BCUT2D eigenvalue weighted by Gasteiger charge is 2.13. The number of halogens is 3. The molecule has 0 saturated carbocycles. The lowest BCUT2D eigenvalue weighted by Gasteiger charge is -2.09. The van der Waals surface area contributed by atoms with E-state index in [-0.39, 0.29) is 15.7 Å². The van der Waals surface area contributed by atoms with Crippen LogP contribution >= 0.6 is 23.2 Å². The molecule has 0 aliphatic heterocycles. The first-order valence-electron chi connectivity index (χ1n) is 5.29. The van der Waals surface area contributed by atoms with Crippen LogP contribution in [0.5, 0.6) is 0 Å². The molecule has 1 amide bonds. The van der Waals surface area contributed by atoms with Crippen molar-refractivity contribution in [3.63, 3.8) is 0 Å². The van der Waals surface area contributed by atoms with Gasteiger partial charge in [-0.2, -0.15) is 0 Å². The zero-order chi connectivity index (χ0) is 14.0. The second-order valence-corrected chi connectivity index (χ2v) is 4.64. The number of carbonyl (C=O) groups is 1. The predicted octanol–water partition coefficient (Wildman–Crippen LogP) is 3.97. The summed E-state index contributed by atoms with van der Waals surface area (Å²) in [5, 5.41) is 2.58. The van der Waals surface area contributed by atoms with Crippen LogP contribution < -0.4 is 11.1 Å². The van der Waals surface area contributed by atoms with Crippen LogP contribution in [0.1, 0.15) is 10.4 Å². The molecular weight excluding hydrogens is 290 g/mol. The van der Waals surface area contributed by atoms with Gasteiger partial charge >= 0.3 is 0 Å². The van der Waals surface area contributed by atoms with Crippen LogP contribution in [0.4, 0.5) is 15.8 Å². The van der Waals surface area contributed by atoms with E-state index in [0.29, 0.717) is 11.3 Å². The number of carbonyl (C=O) groups excluding carboxylic acids is 1. The molecule has 2 rings (SSSR count). The van der Waals surface area contributed by atoms with Crippen molar-refractivity contribution in [2.75, 3.05) is 11.1 Å². The Morgan fingerprint density at radius 3 is 2.37 bits per heavy atom. The summed E-state index contributed by atoms with van der Waals surface area (Å²) in [5.41, 5.74) is 6.57. The molecule has 0 heterocycles. The smallest absolute Gasteiger partial charge is 0.255 e. The molecule has 98 valence electrons. The number of hydrogen-bond donors (Lipinski definition) is 2. The summed E-state index contributed by atoms with van der Waals surface area (Å²) in [5.74, 6) is -1.00. The molecule has 0 saturated heterocycles. The molecule has 0 aliphatic rings. The summed E-state index contributed by atoms with van der Waals surface area (Å²) >= 11 is 11.7. The predicted molar refractivity (Wildman–Crippen MR) is 75.2 cm³/mol. The molecule has 0 aliphatic carbocycles. The van der Waals surface area contributed by atoms with Crippen molar-refractivity contribution in [2.24, 2.45) is 0 Å². The highest BCUT2D eigenvalue weighted by molar-refractivity contribution is 6.40. The summed E-state index contributed by atoms with van der Waals surface area (Å²) in [6, 6.07) is 8.56. The van der Waals surface area contributed by atoms with Gasteiger partial charge in [0.15, 0.2) is 0 Å². The number of hydrogen-bond acceptors (Lipinski definition) is 2. The fourth-order valence-electron chi connectivity index (χ4n) is 1.53. The summed E-state index contributed by atoms with van der Waals surface area (Å²) in [6.45, 7) is 0. The Balaban J connectivity index is 2.29. The minimum Gasteiger partial charge on any atom is -0.399 e. The van der Waals surface area contributed by atoms with Crippen LogP contribution in [-0.4, -0.2) is 5.91 Å². The van der Waals surface area contributed by atoms with E-state index in [2.05, 4.69) is 5.32 Å². The van der Waals surface area contributed by atoms with Crippen molar-refractivity contribution < 1.29 is 9.18 Å². The fraction of sp³-hybridized carbons (Fsp3) is 0. The van der Waals surface area contributed by atoms with E-state index < -0.39 is 11.7 Å². The lowest BCUT2D eigenvalue weighted by molar-refractivity contribution is 0.102. The lowest BCUT2D eigenvalue weighted by Crippen LogP contribution is -2.13. The summed E-state index contributed by atoms with van der Waals surface area (Å²) < 4.78 is 13.0. The Kier molecular flexibility index (Phi) is 3.93. The number of benzene rings is 2. The van der Waals surface area contributed by atoms with Gasteiger partial charge in [0.25, 0.3) is 5.91 Å².